The highest BCUT2D eigenvalue weighted by Crippen LogP contribution is 2.17. The fourth-order valence-electron chi connectivity index (χ4n) is 1.59. The summed E-state index contributed by atoms with van der Waals surface area (Å²) in [7, 11) is 0. The zero-order valence-electron chi connectivity index (χ0n) is 9.43. The minimum atomic E-state index is -0.0266. The maximum Gasteiger partial charge on any atom is 0.168 e. The Balaban J connectivity index is 2.22. The van der Waals surface area contributed by atoms with E-state index < -0.39 is 0 Å². The summed E-state index contributed by atoms with van der Waals surface area (Å²) in [5.74, 6) is 0. The lowest BCUT2D eigenvalue weighted by Gasteiger charge is -2.05. The van der Waals surface area contributed by atoms with Crippen LogP contribution in [0.5, 0.6) is 0 Å². The maximum absolute atomic E-state index is 9.07. The number of thioether (sulfide) groups is 1. The molecular weight excluding hydrogens is 256 g/mol. The smallest absolute Gasteiger partial charge is 0.168 e. The van der Waals surface area contributed by atoms with Crippen LogP contribution in [0.25, 0.3) is 0 Å². The molecule has 3 nitrogen and oxygen atoms in total. The van der Waals surface area contributed by atoms with Gasteiger partial charge < -0.3 is 9.67 Å². The predicted octanol–water partition coefficient (Wildman–Crippen LogP) is 2.80. The molecule has 17 heavy (non-hydrogen) atoms. The number of hydrogen-bond acceptors (Lipinski definition) is 3. The van der Waals surface area contributed by atoms with Crippen molar-refractivity contribution in [3.8, 4) is 0 Å². The van der Waals surface area contributed by atoms with Gasteiger partial charge in [-0.2, -0.15) is 0 Å². The molecule has 0 atom stereocenters. The van der Waals surface area contributed by atoms with Crippen LogP contribution < -0.4 is 0 Å². The zero-order valence-corrected chi connectivity index (χ0v) is 11.0. The second kappa shape index (κ2) is 5.58. The Morgan fingerprint density at radius 1 is 1.35 bits per heavy atom. The van der Waals surface area contributed by atoms with E-state index in [2.05, 4.69) is 4.98 Å². The van der Waals surface area contributed by atoms with Gasteiger partial charge in [0.05, 0.1) is 12.3 Å². The molecule has 0 saturated heterocycles. The van der Waals surface area contributed by atoms with Crippen LogP contribution in [0.4, 0.5) is 0 Å². The van der Waals surface area contributed by atoms with Crippen LogP contribution in [0.2, 0.25) is 5.02 Å². The van der Waals surface area contributed by atoms with Gasteiger partial charge in [0.15, 0.2) is 5.16 Å². The Labute approximate surface area is 109 Å². The number of halogens is 1. The highest BCUT2D eigenvalue weighted by atomic mass is 35.5. The SMILES string of the molecule is CSc1nc(CO)cn1Cc1ccc(Cl)cc1. The molecule has 0 amide bonds. The molecule has 0 fully saturated rings. The van der Waals surface area contributed by atoms with Gasteiger partial charge in [-0.3, -0.25) is 0 Å². The summed E-state index contributed by atoms with van der Waals surface area (Å²) in [5, 5.41) is 10.7. The monoisotopic (exact) mass is 268 g/mol. The van der Waals surface area contributed by atoms with Crippen LogP contribution >= 0.6 is 23.4 Å². The third-order valence-electron chi connectivity index (χ3n) is 2.40. The summed E-state index contributed by atoms with van der Waals surface area (Å²) in [6.45, 7) is 0.710. The minimum Gasteiger partial charge on any atom is -0.390 e. The van der Waals surface area contributed by atoms with E-state index in [1.54, 1.807) is 11.8 Å². The van der Waals surface area contributed by atoms with E-state index in [0.29, 0.717) is 5.69 Å². The minimum absolute atomic E-state index is 0.0266. The van der Waals surface area contributed by atoms with Gasteiger partial charge >= 0.3 is 0 Å². The Bertz CT molecular complexity index is 496. The van der Waals surface area contributed by atoms with Crippen LogP contribution in [0, 0.1) is 0 Å². The lowest BCUT2D eigenvalue weighted by molar-refractivity contribution is 0.277. The summed E-state index contributed by atoms with van der Waals surface area (Å²) in [6.07, 6.45) is 3.85. The van der Waals surface area contributed by atoms with Gasteiger partial charge in [0.25, 0.3) is 0 Å². The number of nitrogens with zero attached hydrogens (tertiary/aromatic N) is 2. The summed E-state index contributed by atoms with van der Waals surface area (Å²) in [5.41, 5.74) is 1.86. The molecule has 0 aliphatic heterocycles. The fraction of sp³-hybridized carbons (Fsp3) is 0.250. The van der Waals surface area contributed by atoms with E-state index in [4.69, 9.17) is 16.7 Å². The van der Waals surface area contributed by atoms with Crippen molar-refractivity contribution < 1.29 is 5.11 Å². The van der Waals surface area contributed by atoms with Crippen molar-refractivity contribution in [3.05, 3.63) is 46.7 Å². The summed E-state index contributed by atoms with van der Waals surface area (Å²) in [6, 6.07) is 7.73. The van der Waals surface area contributed by atoms with Crippen molar-refractivity contribution in [2.24, 2.45) is 0 Å². The van der Waals surface area contributed by atoms with Crippen molar-refractivity contribution in [1.29, 1.82) is 0 Å². The first-order valence-electron chi connectivity index (χ1n) is 5.18. The van der Waals surface area contributed by atoms with E-state index >= 15 is 0 Å². The van der Waals surface area contributed by atoms with Crippen molar-refractivity contribution in [2.45, 2.75) is 18.3 Å². The predicted molar refractivity (Wildman–Crippen MR) is 70.5 cm³/mol. The number of imidazole rings is 1. The van der Waals surface area contributed by atoms with Crippen LogP contribution in [-0.2, 0) is 13.2 Å². The van der Waals surface area contributed by atoms with Gasteiger partial charge in [-0.15, -0.1) is 0 Å². The summed E-state index contributed by atoms with van der Waals surface area (Å²) in [4.78, 5) is 4.31. The highest BCUT2D eigenvalue weighted by molar-refractivity contribution is 7.98. The molecule has 0 aliphatic rings. The number of hydrogen-bond donors (Lipinski definition) is 1. The first kappa shape index (κ1) is 12.5. The van der Waals surface area contributed by atoms with Gasteiger partial charge in [0, 0.05) is 17.8 Å². The van der Waals surface area contributed by atoms with Gasteiger partial charge in [-0.25, -0.2) is 4.98 Å². The number of rotatable bonds is 4. The first-order chi connectivity index (χ1) is 8.22. The second-order valence-electron chi connectivity index (χ2n) is 3.63. The first-order valence-corrected chi connectivity index (χ1v) is 6.78. The molecule has 0 spiro atoms. The van der Waals surface area contributed by atoms with Gasteiger partial charge in [0.2, 0.25) is 0 Å². The van der Waals surface area contributed by atoms with Crippen LogP contribution in [0.1, 0.15) is 11.3 Å². The number of aliphatic hydroxyl groups is 1. The summed E-state index contributed by atoms with van der Waals surface area (Å²) >= 11 is 7.41. The molecule has 0 unspecified atom stereocenters. The van der Waals surface area contributed by atoms with E-state index in [-0.39, 0.29) is 6.61 Å². The van der Waals surface area contributed by atoms with E-state index in [0.717, 1.165) is 22.3 Å². The zero-order chi connectivity index (χ0) is 12.3. The largest absolute Gasteiger partial charge is 0.390 e. The average molecular weight is 269 g/mol. The quantitative estimate of drug-likeness (QED) is 0.867. The Kier molecular flexibility index (Phi) is 4.10. The molecule has 2 aromatic rings. The van der Waals surface area contributed by atoms with Gasteiger partial charge in [-0.1, -0.05) is 35.5 Å². The Hall–Kier alpha value is -0.970. The molecule has 1 heterocycles. The van der Waals surface area contributed by atoms with Crippen LogP contribution in [0.15, 0.2) is 35.6 Å². The molecule has 1 N–H and O–H groups in total. The number of aliphatic hydroxyl groups excluding tert-OH is 1. The molecule has 0 radical (unpaired) electrons. The standard InChI is InChI=1S/C12H13ClN2OS/c1-17-12-14-11(8-16)7-15(12)6-9-2-4-10(13)5-3-9/h2-5,7,16H,6,8H2,1H3. The topological polar surface area (TPSA) is 38.1 Å². The fourth-order valence-corrected chi connectivity index (χ4v) is 2.28. The highest BCUT2D eigenvalue weighted by Gasteiger charge is 2.06. The molecule has 90 valence electrons. The van der Waals surface area contributed by atoms with Crippen LogP contribution in [0.3, 0.4) is 0 Å². The maximum atomic E-state index is 9.07. The molecule has 0 saturated carbocycles. The molecule has 0 aliphatic carbocycles. The third-order valence-corrected chi connectivity index (χ3v) is 3.34. The summed E-state index contributed by atoms with van der Waals surface area (Å²) < 4.78 is 2.03. The van der Waals surface area contributed by atoms with Crippen molar-refractivity contribution >= 4 is 23.4 Å². The average Bonchev–Trinajstić information content (AvgIpc) is 2.74. The van der Waals surface area contributed by atoms with Crippen molar-refractivity contribution in [3.63, 3.8) is 0 Å². The van der Waals surface area contributed by atoms with E-state index in [1.165, 1.54) is 0 Å². The molecular formula is C12H13ClN2OS. The van der Waals surface area contributed by atoms with Crippen molar-refractivity contribution in [2.75, 3.05) is 6.26 Å². The van der Waals surface area contributed by atoms with E-state index in [9.17, 15) is 0 Å². The van der Waals surface area contributed by atoms with Crippen molar-refractivity contribution in [1.82, 2.24) is 9.55 Å². The van der Waals surface area contributed by atoms with Gasteiger partial charge in [0.1, 0.15) is 0 Å². The van der Waals surface area contributed by atoms with E-state index in [1.807, 2.05) is 41.3 Å². The molecule has 1 aromatic carbocycles. The molecule has 1 aromatic heterocycles. The Morgan fingerprint density at radius 3 is 2.65 bits per heavy atom. The molecule has 0 bridgehead atoms. The molecule has 2 rings (SSSR count). The third kappa shape index (κ3) is 3.03. The normalized spacial score (nSPS) is 10.8. The second-order valence-corrected chi connectivity index (χ2v) is 4.84. The van der Waals surface area contributed by atoms with Gasteiger partial charge in [-0.05, 0) is 24.0 Å². The Morgan fingerprint density at radius 2 is 2.06 bits per heavy atom. The lowest BCUT2D eigenvalue weighted by atomic mass is 10.2. The molecule has 5 heteroatoms. The van der Waals surface area contributed by atoms with Crippen LogP contribution in [-0.4, -0.2) is 20.9 Å². The number of aromatic nitrogens is 2. The lowest BCUT2D eigenvalue weighted by Crippen LogP contribution is -1.99. The number of benzene rings is 1.